The van der Waals surface area contributed by atoms with E-state index in [1.54, 1.807) is 13.0 Å². The first kappa shape index (κ1) is 30.9. The van der Waals surface area contributed by atoms with Crippen molar-refractivity contribution < 1.29 is 40.2 Å². The van der Waals surface area contributed by atoms with Gasteiger partial charge in [-0.25, -0.2) is 21.9 Å². The number of hydrogen-bond acceptors (Lipinski definition) is 8. The number of ether oxygens (including phenoxy) is 2. The first-order valence-corrected chi connectivity index (χ1v) is 15.6. The molecule has 0 bridgehead atoms. The highest BCUT2D eigenvalue weighted by atomic mass is 32.2. The molecule has 0 radical (unpaired) electrons. The van der Waals surface area contributed by atoms with Gasteiger partial charge >= 0.3 is 6.61 Å². The third-order valence-corrected chi connectivity index (χ3v) is 8.65. The minimum Gasteiger partial charge on any atom is -0.454 e. The van der Waals surface area contributed by atoms with Crippen molar-refractivity contribution in [3.8, 4) is 22.9 Å². The third kappa shape index (κ3) is 5.95. The third-order valence-electron chi connectivity index (χ3n) is 7.41. The van der Waals surface area contributed by atoms with Crippen LogP contribution in [0.1, 0.15) is 21.6 Å². The predicted octanol–water partition coefficient (Wildman–Crippen LogP) is 5.20. The molecule has 11 nitrogen and oxygen atoms in total. The summed E-state index contributed by atoms with van der Waals surface area (Å²) in [5.41, 5.74) is 7.10. The van der Waals surface area contributed by atoms with Gasteiger partial charge in [0, 0.05) is 30.1 Å². The lowest BCUT2D eigenvalue weighted by molar-refractivity contribution is -0.0493. The zero-order valence-corrected chi connectivity index (χ0v) is 25.0. The van der Waals surface area contributed by atoms with E-state index in [0.717, 1.165) is 17.0 Å². The van der Waals surface area contributed by atoms with Gasteiger partial charge in [0.05, 0.1) is 35.4 Å². The summed E-state index contributed by atoms with van der Waals surface area (Å²) in [5, 5.41) is 7.51. The molecule has 240 valence electrons. The normalized spacial score (nSPS) is 14.1. The highest BCUT2D eigenvalue weighted by molar-refractivity contribution is 7.88. The fourth-order valence-electron chi connectivity index (χ4n) is 5.15. The molecular weight excluding hydrogens is 632 g/mol. The number of aromatic nitrogens is 3. The number of hydrogen-bond donors (Lipinski definition) is 3. The Labute approximate surface area is 259 Å². The Morgan fingerprint density at radius 2 is 1.83 bits per heavy atom. The Hall–Kier alpha value is -5.09. The van der Waals surface area contributed by atoms with Crippen LogP contribution in [0.4, 0.5) is 29.1 Å². The SMILES string of the molecule is Cc1cc(Oc2ccccc2F)cc(F)c1-n1ncc(C(=O)c2cc3cc(OC(F)F)c(NC4CN(S(C)(=O)=O)C4)cc3[nH]2)c1N. The molecule has 46 heavy (non-hydrogen) atoms. The number of ketones is 1. The Balaban J connectivity index is 1.27. The van der Waals surface area contributed by atoms with Crippen LogP contribution in [0.2, 0.25) is 0 Å². The van der Waals surface area contributed by atoms with Crippen LogP contribution in [-0.2, 0) is 10.0 Å². The van der Waals surface area contributed by atoms with Crippen LogP contribution in [-0.4, -0.2) is 65.3 Å². The zero-order chi connectivity index (χ0) is 32.9. The molecule has 4 N–H and O–H groups in total. The van der Waals surface area contributed by atoms with E-state index >= 15 is 4.39 Å². The maximum atomic E-state index is 15.3. The molecule has 0 atom stereocenters. The van der Waals surface area contributed by atoms with E-state index in [4.69, 9.17) is 10.5 Å². The number of aryl methyl sites for hydroxylation is 1. The standard InChI is InChI=1S/C30H26F4N6O5S/c1-15-7-18(44-25-6-4-3-5-20(25)31)10-21(32)27(15)40-29(35)19(12-36-40)28(41)24-8-16-9-26(45-30(33)34)23(11-22(16)38-24)37-17-13-39(14-17)46(2,42)43/h3-12,17,30,37-38H,13-14,35H2,1-2H3. The van der Waals surface area contributed by atoms with Crippen LogP contribution in [0.5, 0.6) is 17.2 Å². The molecule has 0 saturated carbocycles. The average molecular weight is 659 g/mol. The molecule has 1 aliphatic heterocycles. The average Bonchev–Trinajstić information content (AvgIpc) is 3.53. The number of alkyl halides is 2. The summed E-state index contributed by atoms with van der Waals surface area (Å²) in [7, 11) is -3.38. The van der Waals surface area contributed by atoms with E-state index < -0.39 is 34.1 Å². The van der Waals surface area contributed by atoms with Gasteiger partial charge in [0.1, 0.15) is 23.0 Å². The number of benzene rings is 3. The molecule has 1 fully saturated rings. The number of nitrogens with zero attached hydrogens (tertiary/aromatic N) is 3. The van der Waals surface area contributed by atoms with Gasteiger partial charge < -0.3 is 25.5 Å². The molecule has 5 aromatic rings. The summed E-state index contributed by atoms with van der Waals surface area (Å²) in [4.78, 5) is 16.4. The molecule has 0 spiro atoms. The summed E-state index contributed by atoms with van der Waals surface area (Å²) in [6.07, 6.45) is 2.25. The molecule has 0 unspecified atom stereocenters. The summed E-state index contributed by atoms with van der Waals surface area (Å²) >= 11 is 0. The smallest absolute Gasteiger partial charge is 0.387 e. The number of nitrogen functional groups attached to an aromatic ring is 1. The molecule has 2 aromatic heterocycles. The van der Waals surface area contributed by atoms with Crippen molar-refractivity contribution in [2.45, 2.75) is 19.6 Å². The first-order valence-electron chi connectivity index (χ1n) is 13.7. The van der Waals surface area contributed by atoms with Gasteiger partial charge in [0.15, 0.2) is 17.4 Å². The summed E-state index contributed by atoms with van der Waals surface area (Å²) in [5.74, 6) is -2.42. The van der Waals surface area contributed by atoms with E-state index in [0.29, 0.717) is 16.5 Å². The number of aromatic amines is 1. The van der Waals surface area contributed by atoms with Crippen molar-refractivity contribution in [2.24, 2.45) is 0 Å². The molecule has 6 rings (SSSR count). The molecule has 0 amide bonds. The zero-order valence-electron chi connectivity index (χ0n) is 24.2. The van der Waals surface area contributed by atoms with Crippen molar-refractivity contribution in [1.82, 2.24) is 19.1 Å². The van der Waals surface area contributed by atoms with Crippen molar-refractivity contribution in [3.63, 3.8) is 0 Å². The summed E-state index contributed by atoms with van der Waals surface area (Å²) in [6, 6.07) is 12.1. The molecule has 1 aliphatic rings. The van der Waals surface area contributed by atoms with E-state index in [-0.39, 0.29) is 64.8 Å². The number of nitrogens with one attached hydrogen (secondary N) is 2. The minimum atomic E-state index is -3.38. The Morgan fingerprint density at radius 1 is 1.09 bits per heavy atom. The summed E-state index contributed by atoms with van der Waals surface area (Å²) in [6.45, 7) is -1.28. The van der Waals surface area contributed by atoms with Crippen LogP contribution >= 0.6 is 0 Å². The van der Waals surface area contributed by atoms with Gasteiger partial charge in [-0.3, -0.25) is 4.79 Å². The van der Waals surface area contributed by atoms with Crippen molar-refractivity contribution in [2.75, 3.05) is 30.4 Å². The number of carbonyl (C=O) groups is 1. The van der Waals surface area contributed by atoms with Crippen LogP contribution in [0.25, 0.3) is 16.6 Å². The fourth-order valence-corrected chi connectivity index (χ4v) is 6.05. The first-order chi connectivity index (χ1) is 21.8. The number of para-hydroxylation sites is 1. The van der Waals surface area contributed by atoms with Gasteiger partial charge in [-0.15, -0.1) is 0 Å². The Bertz CT molecular complexity index is 2070. The molecule has 16 heteroatoms. The highest BCUT2D eigenvalue weighted by Crippen LogP contribution is 2.35. The van der Waals surface area contributed by atoms with Gasteiger partial charge in [0.2, 0.25) is 15.8 Å². The molecular formula is C30H26F4N6O5S. The van der Waals surface area contributed by atoms with Crippen LogP contribution in [0.15, 0.2) is 60.8 Å². The number of anilines is 2. The minimum absolute atomic E-state index is 0.0398. The second-order valence-corrected chi connectivity index (χ2v) is 12.7. The van der Waals surface area contributed by atoms with Gasteiger partial charge in [0.25, 0.3) is 0 Å². The number of rotatable bonds is 10. The molecule has 1 saturated heterocycles. The second-order valence-electron chi connectivity index (χ2n) is 10.7. The van der Waals surface area contributed by atoms with Gasteiger partial charge in [-0.05, 0) is 48.9 Å². The van der Waals surface area contributed by atoms with E-state index in [2.05, 4.69) is 20.1 Å². The number of carbonyl (C=O) groups excluding carboxylic acids is 1. The van der Waals surface area contributed by atoms with E-state index in [1.807, 2.05) is 0 Å². The number of halogens is 4. The number of H-pyrrole nitrogens is 1. The lowest BCUT2D eigenvalue weighted by Crippen LogP contribution is -2.56. The lowest BCUT2D eigenvalue weighted by Gasteiger charge is -2.38. The highest BCUT2D eigenvalue weighted by Gasteiger charge is 2.34. The van der Waals surface area contributed by atoms with Gasteiger partial charge in [-0.1, -0.05) is 12.1 Å². The van der Waals surface area contributed by atoms with E-state index in [9.17, 15) is 26.4 Å². The molecule has 3 heterocycles. The van der Waals surface area contributed by atoms with Gasteiger partial charge in [-0.2, -0.15) is 18.2 Å². The quantitative estimate of drug-likeness (QED) is 0.137. The van der Waals surface area contributed by atoms with E-state index in [1.165, 1.54) is 53.0 Å². The topological polar surface area (TPSA) is 145 Å². The Morgan fingerprint density at radius 3 is 2.50 bits per heavy atom. The number of sulfonamides is 1. The van der Waals surface area contributed by atoms with Crippen molar-refractivity contribution in [1.29, 1.82) is 0 Å². The summed E-state index contributed by atoms with van der Waals surface area (Å²) < 4.78 is 91.6. The number of nitrogens with two attached hydrogens (primary N) is 1. The van der Waals surface area contributed by atoms with Crippen molar-refractivity contribution >= 4 is 38.2 Å². The fraction of sp³-hybridized carbons (Fsp3) is 0.200. The van der Waals surface area contributed by atoms with Crippen LogP contribution < -0.4 is 20.5 Å². The lowest BCUT2D eigenvalue weighted by atomic mass is 10.1. The van der Waals surface area contributed by atoms with Crippen LogP contribution in [0, 0.1) is 18.6 Å². The second kappa shape index (κ2) is 11.7. The number of fused-ring (bicyclic) bond motifs is 1. The Kier molecular flexibility index (Phi) is 7.85. The maximum absolute atomic E-state index is 15.3. The molecule has 3 aromatic carbocycles. The molecule has 0 aliphatic carbocycles. The van der Waals surface area contributed by atoms with Crippen molar-refractivity contribution in [3.05, 3.63) is 89.2 Å². The predicted molar refractivity (Wildman–Crippen MR) is 161 cm³/mol. The maximum Gasteiger partial charge on any atom is 0.387 e. The largest absolute Gasteiger partial charge is 0.454 e. The van der Waals surface area contributed by atoms with Crippen LogP contribution in [0.3, 0.4) is 0 Å². The monoisotopic (exact) mass is 658 g/mol.